The number of hydrogen-bond acceptors (Lipinski definition) is 5. The Morgan fingerprint density at radius 2 is 2.00 bits per heavy atom. The molecule has 24 heavy (non-hydrogen) atoms. The summed E-state index contributed by atoms with van der Waals surface area (Å²) >= 11 is 6.93. The molecule has 0 atom stereocenters. The van der Waals surface area contributed by atoms with Gasteiger partial charge < -0.3 is 4.42 Å². The van der Waals surface area contributed by atoms with Crippen molar-refractivity contribution in [2.75, 3.05) is 0 Å². The van der Waals surface area contributed by atoms with Crippen molar-refractivity contribution in [2.24, 2.45) is 0 Å². The summed E-state index contributed by atoms with van der Waals surface area (Å²) in [7, 11) is 0. The monoisotopic (exact) mass is 371 g/mol. The first-order chi connectivity index (χ1) is 11.4. The van der Waals surface area contributed by atoms with E-state index in [-0.39, 0.29) is 10.9 Å². The first-order valence-electron chi connectivity index (χ1n) is 6.65. The van der Waals surface area contributed by atoms with Crippen molar-refractivity contribution in [3.8, 4) is 11.3 Å². The van der Waals surface area contributed by atoms with Crippen LogP contribution < -0.4 is 0 Å². The predicted molar refractivity (Wildman–Crippen MR) is 83.5 cm³/mol. The van der Waals surface area contributed by atoms with Gasteiger partial charge in [0.15, 0.2) is 10.9 Å². The van der Waals surface area contributed by atoms with Crippen LogP contribution in [0.3, 0.4) is 0 Å². The quantitative estimate of drug-likeness (QED) is 0.472. The Bertz CT molecular complexity index is 854. The molecule has 9 heteroatoms. The first kappa shape index (κ1) is 16.8. The molecule has 0 amide bonds. The molecule has 0 aliphatic rings. The Kier molecular flexibility index (Phi) is 4.77. The second-order valence-electron chi connectivity index (χ2n) is 4.64. The number of hydrogen-bond donors (Lipinski definition) is 0. The summed E-state index contributed by atoms with van der Waals surface area (Å²) in [6, 6.07) is 7.90. The van der Waals surface area contributed by atoms with Crippen LogP contribution in [0.5, 0.6) is 0 Å². The Morgan fingerprint density at radius 1 is 1.17 bits per heavy atom. The lowest BCUT2D eigenvalue weighted by atomic mass is 10.2. The van der Waals surface area contributed by atoms with E-state index in [2.05, 4.69) is 15.0 Å². The van der Waals surface area contributed by atoms with Gasteiger partial charge in [-0.15, -0.1) is 0 Å². The summed E-state index contributed by atoms with van der Waals surface area (Å²) in [5, 5.41) is 0.574. The molecule has 4 nitrogen and oxygen atoms in total. The zero-order valence-corrected chi connectivity index (χ0v) is 13.5. The van der Waals surface area contributed by atoms with Gasteiger partial charge in [-0.3, -0.25) is 0 Å². The molecule has 0 saturated carbocycles. The molecule has 0 N–H and O–H groups in total. The summed E-state index contributed by atoms with van der Waals surface area (Å²) in [6.45, 7) is 0. The SMILES string of the molecule is FC(F)(F)c1ccnc(SCc2ncc(-c3cccc(Cl)c3)o2)n1. The fourth-order valence-electron chi connectivity index (χ4n) is 1.85. The molecule has 2 heterocycles. The van der Waals surface area contributed by atoms with Gasteiger partial charge in [0.1, 0.15) is 5.69 Å². The van der Waals surface area contributed by atoms with Crippen LogP contribution in [-0.4, -0.2) is 15.0 Å². The average Bonchev–Trinajstić information content (AvgIpc) is 3.01. The molecule has 2 aromatic heterocycles. The van der Waals surface area contributed by atoms with Gasteiger partial charge in [0, 0.05) is 16.8 Å². The van der Waals surface area contributed by atoms with Gasteiger partial charge in [0.2, 0.25) is 5.89 Å². The van der Waals surface area contributed by atoms with Crippen molar-refractivity contribution in [3.05, 3.63) is 59.3 Å². The smallest absolute Gasteiger partial charge is 0.433 e. The number of rotatable bonds is 4. The molecule has 3 aromatic rings. The molecular formula is C15H9ClF3N3OS. The molecule has 3 rings (SSSR count). The van der Waals surface area contributed by atoms with Crippen LogP contribution >= 0.6 is 23.4 Å². The highest BCUT2D eigenvalue weighted by Crippen LogP contribution is 2.29. The van der Waals surface area contributed by atoms with Crippen LogP contribution in [0.25, 0.3) is 11.3 Å². The molecule has 0 spiro atoms. The Balaban J connectivity index is 1.70. The fraction of sp³-hybridized carbons (Fsp3) is 0.133. The number of oxazole rings is 1. The van der Waals surface area contributed by atoms with E-state index in [0.29, 0.717) is 16.7 Å². The van der Waals surface area contributed by atoms with Crippen LogP contribution in [0.1, 0.15) is 11.6 Å². The number of halogens is 4. The zero-order valence-electron chi connectivity index (χ0n) is 11.9. The van der Waals surface area contributed by atoms with E-state index in [1.165, 1.54) is 6.20 Å². The van der Waals surface area contributed by atoms with E-state index in [0.717, 1.165) is 29.6 Å². The van der Waals surface area contributed by atoms with Crippen LogP contribution in [0.4, 0.5) is 13.2 Å². The lowest BCUT2D eigenvalue weighted by Crippen LogP contribution is -2.08. The molecule has 0 fully saturated rings. The summed E-state index contributed by atoms with van der Waals surface area (Å²) in [5.74, 6) is 1.09. The maximum atomic E-state index is 12.6. The van der Waals surface area contributed by atoms with Crippen molar-refractivity contribution in [2.45, 2.75) is 17.1 Å². The van der Waals surface area contributed by atoms with Crippen LogP contribution in [-0.2, 0) is 11.9 Å². The molecule has 1 aromatic carbocycles. The Hall–Kier alpha value is -2.06. The van der Waals surface area contributed by atoms with E-state index in [1.807, 2.05) is 6.07 Å². The third kappa shape index (κ3) is 4.07. The minimum Gasteiger partial charge on any atom is -0.440 e. The molecule has 0 aliphatic carbocycles. The van der Waals surface area contributed by atoms with Gasteiger partial charge in [-0.05, 0) is 18.2 Å². The highest BCUT2D eigenvalue weighted by atomic mass is 35.5. The van der Waals surface area contributed by atoms with Gasteiger partial charge in [0.25, 0.3) is 0 Å². The maximum absolute atomic E-state index is 12.6. The molecule has 0 radical (unpaired) electrons. The molecule has 0 unspecified atom stereocenters. The second kappa shape index (κ2) is 6.82. The molecule has 0 aliphatic heterocycles. The largest absolute Gasteiger partial charge is 0.440 e. The topological polar surface area (TPSA) is 51.8 Å². The summed E-state index contributed by atoms with van der Waals surface area (Å²) in [5.41, 5.74) is -0.214. The highest BCUT2D eigenvalue weighted by molar-refractivity contribution is 7.98. The fourth-order valence-corrected chi connectivity index (χ4v) is 2.72. The molecule has 0 bridgehead atoms. The van der Waals surface area contributed by atoms with Gasteiger partial charge >= 0.3 is 6.18 Å². The van der Waals surface area contributed by atoms with Crippen molar-refractivity contribution < 1.29 is 17.6 Å². The van der Waals surface area contributed by atoms with E-state index in [4.69, 9.17) is 16.0 Å². The lowest BCUT2D eigenvalue weighted by molar-refractivity contribution is -0.141. The van der Waals surface area contributed by atoms with E-state index < -0.39 is 11.9 Å². The summed E-state index contributed by atoms with van der Waals surface area (Å²) in [4.78, 5) is 11.4. The minimum absolute atomic E-state index is 0.00679. The van der Waals surface area contributed by atoms with Gasteiger partial charge in [0.05, 0.1) is 11.9 Å². The van der Waals surface area contributed by atoms with Gasteiger partial charge in [-0.2, -0.15) is 13.2 Å². The van der Waals surface area contributed by atoms with Crippen molar-refractivity contribution in [1.82, 2.24) is 15.0 Å². The number of thioether (sulfide) groups is 1. The number of benzene rings is 1. The van der Waals surface area contributed by atoms with Crippen molar-refractivity contribution >= 4 is 23.4 Å². The van der Waals surface area contributed by atoms with Crippen molar-refractivity contribution in [1.29, 1.82) is 0 Å². The van der Waals surface area contributed by atoms with Gasteiger partial charge in [-0.1, -0.05) is 35.5 Å². The Labute approximate surface area is 144 Å². The number of alkyl halides is 3. The van der Waals surface area contributed by atoms with Crippen LogP contribution in [0.15, 0.2) is 52.3 Å². The van der Waals surface area contributed by atoms with Crippen molar-refractivity contribution in [3.63, 3.8) is 0 Å². The highest BCUT2D eigenvalue weighted by Gasteiger charge is 2.32. The zero-order chi connectivity index (χ0) is 17.2. The van der Waals surface area contributed by atoms with E-state index in [1.54, 1.807) is 18.2 Å². The molecule has 0 saturated heterocycles. The standard InChI is InChI=1S/C15H9ClF3N3OS/c16-10-3-1-2-9(6-10)11-7-21-13(23-11)8-24-14-20-5-4-12(22-14)15(17,18)19/h1-7H,8H2. The number of aromatic nitrogens is 3. The third-order valence-corrected chi connectivity index (χ3v) is 3.99. The van der Waals surface area contributed by atoms with Crippen LogP contribution in [0, 0.1) is 0 Å². The minimum atomic E-state index is -4.50. The van der Waals surface area contributed by atoms with Crippen LogP contribution in [0.2, 0.25) is 5.02 Å². The molecular weight excluding hydrogens is 363 g/mol. The second-order valence-corrected chi connectivity index (χ2v) is 6.02. The normalized spacial score (nSPS) is 11.7. The number of nitrogens with zero attached hydrogens (tertiary/aromatic N) is 3. The third-order valence-electron chi connectivity index (χ3n) is 2.91. The Morgan fingerprint density at radius 3 is 2.75 bits per heavy atom. The first-order valence-corrected chi connectivity index (χ1v) is 8.02. The van der Waals surface area contributed by atoms with Gasteiger partial charge in [-0.25, -0.2) is 15.0 Å². The maximum Gasteiger partial charge on any atom is 0.433 e. The molecule has 124 valence electrons. The van der Waals surface area contributed by atoms with E-state index in [9.17, 15) is 13.2 Å². The van der Waals surface area contributed by atoms with E-state index >= 15 is 0 Å². The lowest BCUT2D eigenvalue weighted by Gasteiger charge is -2.05. The summed E-state index contributed by atoms with van der Waals surface area (Å²) in [6.07, 6.45) is -1.89. The predicted octanol–water partition coefficient (Wildman–Crippen LogP) is 5.10. The summed E-state index contributed by atoms with van der Waals surface area (Å²) < 4.78 is 43.4. The average molecular weight is 372 g/mol.